The van der Waals surface area contributed by atoms with Crippen LogP contribution in [0.15, 0.2) is 78.9 Å². The smallest absolute Gasteiger partial charge is 0.129 e. The molecule has 0 aliphatic carbocycles. The van der Waals surface area contributed by atoms with Gasteiger partial charge in [-0.2, -0.15) is 0 Å². The van der Waals surface area contributed by atoms with Gasteiger partial charge >= 0.3 is 0 Å². The van der Waals surface area contributed by atoms with Gasteiger partial charge < -0.3 is 4.90 Å². The van der Waals surface area contributed by atoms with E-state index in [9.17, 15) is 0 Å². The van der Waals surface area contributed by atoms with Crippen LogP contribution >= 0.6 is 11.6 Å². The largest absolute Gasteiger partial charge is 0.348 e. The minimum Gasteiger partial charge on any atom is -0.348 e. The molecule has 3 heteroatoms. The zero-order valence-electron chi connectivity index (χ0n) is 12.9. The summed E-state index contributed by atoms with van der Waals surface area (Å²) in [4.78, 5) is 6.96. The van der Waals surface area contributed by atoms with Crippen molar-refractivity contribution in [1.82, 2.24) is 4.98 Å². The first kappa shape index (κ1) is 15.6. The number of hydrogen-bond donors (Lipinski definition) is 0. The summed E-state index contributed by atoms with van der Waals surface area (Å²) in [6.07, 6.45) is 0. The summed E-state index contributed by atoms with van der Waals surface area (Å²) in [6, 6.07) is 26.9. The maximum absolute atomic E-state index is 5.94. The Balaban J connectivity index is 1.88. The van der Waals surface area contributed by atoms with E-state index in [1.165, 1.54) is 11.1 Å². The second-order valence-electron chi connectivity index (χ2n) is 5.45. The van der Waals surface area contributed by atoms with Crippen LogP contribution in [0.4, 0.5) is 5.82 Å². The maximum atomic E-state index is 5.94. The number of alkyl halides is 1. The topological polar surface area (TPSA) is 16.1 Å². The van der Waals surface area contributed by atoms with Gasteiger partial charge in [-0.15, -0.1) is 11.6 Å². The minimum atomic E-state index is 0.429. The lowest BCUT2D eigenvalue weighted by molar-refractivity contribution is 0.780. The third-order valence-electron chi connectivity index (χ3n) is 3.69. The van der Waals surface area contributed by atoms with Gasteiger partial charge in [-0.1, -0.05) is 66.7 Å². The summed E-state index contributed by atoms with van der Waals surface area (Å²) in [5, 5.41) is 0. The molecule has 1 aromatic heterocycles. The van der Waals surface area contributed by atoms with Crippen molar-refractivity contribution in [1.29, 1.82) is 0 Å². The summed E-state index contributed by atoms with van der Waals surface area (Å²) in [5.41, 5.74) is 3.43. The minimum absolute atomic E-state index is 0.429. The Hall–Kier alpha value is -2.32. The zero-order chi connectivity index (χ0) is 15.9. The monoisotopic (exact) mass is 322 g/mol. The van der Waals surface area contributed by atoms with E-state index in [-0.39, 0.29) is 0 Å². The van der Waals surface area contributed by atoms with E-state index in [1.807, 2.05) is 30.3 Å². The van der Waals surface area contributed by atoms with Gasteiger partial charge in [-0.05, 0) is 23.3 Å². The lowest BCUT2D eigenvalue weighted by atomic mass is 10.1. The Bertz CT molecular complexity index is 687. The fraction of sp³-hybridized carbons (Fsp3) is 0.150. The van der Waals surface area contributed by atoms with Crippen LogP contribution in [0.25, 0.3) is 0 Å². The molecule has 1 heterocycles. The molecule has 23 heavy (non-hydrogen) atoms. The van der Waals surface area contributed by atoms with E-state index < -0.39 is 0 Å². The van der Waals surface area contributed by atoms with Crippen molar-refractivity contribution in [2.75, 3.05) is 4.90 Å². The van der Waals surface area contributed by atoms with Gasteiger partial charge in [0.15, 0.2) is 0 Å². The maximum Gasteiger partial charge on any atom is 0.129 e. The van der Waals surface area contributed by atoms with Crippen molar-refractivity contribution >= 4 is 17.4 Å². The quantitative estimate of drug-likeness (QED) is 0.592. The molecule has 0 fully saturated rings. The van der Waals surface area contributed by atoms with E-state index in [1.54, 1.807) is 0 Å². The number of rotatable bonds is 6. The molecule has 0 amide bonds. The third kappa shape index (κ3) is 4.33. The van der Waals surface area contributed by atoms with Crippen molar-refractivity contribution in [2.24, 2.45) is 0 Å². The molecule has 0 radical (unpaired) electrons. The third-order valence-corrected chi connectivity index (χ3v) is 3.96. The van der Waals surface area contributed by atoms with Crippen molar-refractivity contribution in [3.8, 4) is 0 Å². The van der Waals surface area contributed by atoms with Crippen LogP contribution in [0.3, 0.4) is 0 Å². The second-order valence-corrected chi connectivity index (χ2v) is 5.72. The molecular weight excluding hydrogens is 304 g/mol. The van der Waals surface area contributed by atoms with Crippen molar-refractivity contribution in [3.63, 3.8) is 0 Å². The molecule has 116 valence electrons. The standard InChI is InChI=1S/C20H19ClN2/c21-14-19-12-7-13-20(22-19)23(15-17-8-3-1-4-9-17)16-18-10-5-2-6-11-18/h1-13H,14-16H2. The van der Waals surface area contributed by atoms with Gasteiger partial charge in [-0.3, -0.25) is 0 Å². The fourth-order valence-electron chi connectivity index (χ4n) is 2.54. The van der Waals surface area contributed by atoms with Crippen LogP contribution in [-0.2, 0) is 19.0 Å². The van der Waals surface area contributed by atoms with Crippen molar-refractivity contribution in [2.45, 2.75) is 19.0 Å². The number of nitrogens with zero attached hydrogens (tertiary/aromatic N) is 2. The van der Waals surface area contributed by atoms with E-state index >= 15 is 0 Å². The number of hydrogen-bond acceptors (Lipinski definition) is 2. The normalized spacial score (nSPS) is 10.5. The van der Waals surface area contributed by atoms with Gasteiger partial charge in [0, 0.05) is 13.1 Å². The Morgan fingerprint density at radius 1 is 0.696 bits per heavy atom. The van der Waals surface area contributed by atoms with Gasteiger partial charge in [0.2, 0.25) is 0 Å². The predicted molar refractivity (Wildman–Crippen MR) is 96.6 cm³/mol. The van der Waals surface area contributed by atoms with Crippen molar-refractivity contribution < 1.29 is 0 Å². The summed E-state index contributed by atoms with van der Waals surface area (Å²) in [7, 11) is 0. The van der Waals surface area contributed by atoms with E-state index in [4.69, 9.17) is 11.6 Å². The van der Waals surface area contributed by atoms with Crippen molar-refractivity contribution in [3.05, 3.63) is 95.7 Å². The Morgan fingerprint density at radius 3 is 1.78 bits per heavy atom. The molecule has 2 aromatic carbocycles. The molecule has 0 saturated carbocycles. The molecule has 0 aliphatic heterocycles. The van der Waals surface area contributed by atoms with Crippen LogP contribution in [0.5, 0.6) is 0 Å². The fourth-order valence-corrected chi connectivity index (χ4v) is 2.69. The molecule has 3 aromatic rings. The van der Waals surface area contributed by atoms with Crippen LogP contribution < -0.4 is 4.90 Å². The lowest BCUT2D eigenvalue weighted by Gasteiger charge is -2.24. The SMILES string of the molecule is ClCc1cccc(N(Cc2ccccc2)Cc2ccccc2)n1. The first-order chi connectivity index (χ1) is 11.3. The molecule has 0 spiro atoms. The number of halogens is 1. The molecule has 0 bridgehead atoms. The molecule has 0 aliphatic rings. The average molecular weight is 323 g/mol. The highest BCUT2D eigenvalue weighted by atomic mass is 35.5. The molecule has 0 atom stereocenters. The molecule has 2 nitrogen and oxygen atoms in total. The van der Waals surface area contributed by atoms with Gasteiger partial charge in [0.05, 0.1) is 11.6 Å². The molecule has 0 N–H and O–H groups in total. The van der Waals surface area contributed by atoms with Crippen LogP contribution in [0.1, 0.15) is 16.8 Å². The Labute approximate surface area is 142 Å². The molecule has 3 rings (SSSR count). The van der Waals surface area contributed by atoms with E-state index in [0.717, 1.165) is 24.6 Å². The predicted octanol–water partition coefficient (Wildman–Crippen LogP) is 5.03. The van der Waals surface area contributed by atoms with E-state index in [0.29, 0.717) is 5.88 Å². The van der Waals surface area contributed by atoms with Crippen LogP contribution in [-0.4, -0.2) is 4.98 Å². The molecule has 0 saturated heterocycles. The highest BCUT2D eigenvalue weighted by Crippen LogP contribution is 2.19. The van der Waals surface area contributed by atoms with Gasteiger partial charge in [0.1, 0.15) is 5.82 Å². The summed E-state index contributed by atoms with van der Waals surface area (Å²) in [5.74, 6) is 1.38. The van der Waals surface area contributed by atoms with Crippen LogP contribution in [0, 0.1) is 0 Å². The van der Waals surface area contributed by atoms with Gasteiger partial charge in [-0.25, -0.2) is 4.98 Å². The van der Waals surface area contributed by atoms with Crippen LogP contribution in [0.2, 0.25) is 0 Å². The summed E-state index contributed by atoms with van der Waals surface area (Å²) in [6.45, 7) is 1.63. The number of pyridine rings is 1. The lowest BCUT2D eigenvalue weighted by Crippen LogP contribution is -2.23. The summed E-state index contributed by atoms with van der Waals surface area (Å²) >= 11 is 5.94. The summed E-state index contributed by atoms with van der Waals surface area (Å²) < 4.78 is 0. The number of aromatic nitrogens is 1. The average Bonchev–Trinajstić information content (AvgIpc) is 2.63. The number of anilines is 1. The zero-order valence-corrected chi connectivity index (χ0v) is 13.7. The first-order valence-corrected chi connectivity index (χ1v) is 8.23. The first-order valence-electron chi connectivity index (χ1n) is 7.70. The Kier molecular flexibility index (Phi) is 5.28. The highest BCUT2D eigenvalue weighted by molar-refractivity contribution is 6.16. The van der Waals surface area contributed by atoms with Gasteiger partial charge in [0.25, 0.3) is 0 Å². The Morgan fingerprint density at radius 2 is 1.26 bits per heavy atom. The number of benzene rings is 2. The molecule has 0 unspecified atom stereocenters. The second kappa shape index (κ2) is 7.80. The molecular formula is C20H19ClN2. The van der Waals surface area contributed by atoms with E-state index in [2.05, 4.69) is 58.4 Å². The highest BCUT2D eigenvalue weighted by Gasteiger charge is 2.10.